The van der Waals surface area contributed by atoms with E-state index >= 15 is 0 Å². The molecule has 0 unspecified atom stereocenters. The third-order valence-corrected chi connectivity index (χ3v) is 3.06. The van der Waals surface area contributed by atoms with Crippen LogP contribution in [0.4, 0.5) is 0 Å². The van der Waals surface area contributed by atoms with Crippen LogP contribution in [0, 0.1) is 5.41 Å². The normalized spacial score (nSPS) is 25.6. The van der Waals surface area contributed by atoms with Crippen molar-refractivity contribution >= 4 is 5.91 Å². The van der Waals surface area contributed by atoms with Crippen LogP contribution in [0.3, 0.4) is 0 Å². The minimum absolute atomic E-state index is 0.0413. The minimum atomic E-state index is -0.0961. The second-order valence-corrected chi connectivity index (χ2v) is 5.37. The summed E-state index contributed by atoms with van der Waals surface area (Å²) in [5.74, 6) is -0.0349. The molecule has 3 nitrogen and oxygen atoms in total. The number of carbonyl (C=O) groups excluding carboxylic acids is 1. The van der Waals surface area contributed by atoms with Crippen molar-refractivity contribution in [3.05, 3.63) is 35.9 Å². The summed E-state index contributed by atoms with van der Waals surface area (Å²) < 4.78 is 0. The highest BCUT2D eigenvalue weighted by atomic mass is 16.2. The Bertz CT molecular complexity index is 381. The first-order valence-electron chi connectivity index (χ1n) is 5.60. The molecule has 0 bridgehead atoms. The third-order valence-electron chi connectivity index (χ3n) is 3.06. The predicted molar refractivity (Wildman–Crippen MR) is 63.7 cm³/mol. The summed E-state index contributed by atoms with van der Waals surface area (Å²) in [6.45, 7) is 6.42. The lowest BCUT2D eigenvalue weighted by molar-refractivity contribution is -0.120. The number of benzene rings is 1. The molecule has 0 aliphatic carbocycles. The Hall–Kier alpha value is -1.35. The highest BCUT2D eigenvalue weighted by Gasteiger charge is 2.42. The Morgan fingerprint density at radius 2 is 1.75 bits per heavy atom. The zero-order valence-corrected chi connectivity index (χ0v) is 9.95. The van der Waals surface area contributed by atoms with Crippen LogP contribution in [-0.2, 0) is 4.79 Å². The monoisotopic (exact) mass is 218 g/mol. The van der Waals surface area contributed by atoms with Crippen molar-refractivity contribution in [3.8, 4) is 0 Å². The Morgan fingerprint density at radius 3 is 2.31 bits per heavy atom. The lowest BCUT2D eigenvalue weighted by atomic mass is 9.77. The molecule has 3 heteroatoms. The van der Waals surface area contributed by atoms with Crippen molar-refractivity contribution in [2.75, 3.05) is 0 Å². The molecule has 2 N–H and O–H groups in total. The fourth-order valence-electron chi connectivity index (χ4n) is 2.18. The van der Waals surface area contributed by atoms with Gasteiger partial charge in [0.15, 0.2) is 0 Å². The maximum absolute atomic E-state index is 11.9. The summed E-state index contributed by atoms with van der Waals surface area (Å²) >= 11 is 0. The van der Waals surface area contributed by atoms with Crippen LogP contribution in [0.1, 0.15) is 32.3 Å². The smallest absolute Gasteiger partial charge is 0.243 e. The molecule has 1 aliphatic heterocycles. The summed E-state index contributed by atoms with van der Waals surface area (Å²) in [4.78, 5) is 11.9. The molecule has 1 saturated heterocycles. The van der Waals surface area contributed by atoms with Gasteiger partial charge >= 0.3 is 0 Å². The van der Waals surface area contributed by atoms with Crippen molar-refractivity contribution in [2.24, 2.45) is 5.41 Å². The van der Waals surface area contributed by atoms with Crippen molar-refractivity contribution < 1.29 is 4.79 Å². The number of hydrazine groups is 1. The molecule has 1 amide bonds. The highest BCUT2D eigenvalue weighted by molar-refractivity contribution is 5.86. The molecule has 1 heterocycles. The average Bonchev–Trinajstić information content (AvgIpc) is 2.61. The molecule has 0 saturated carbocycles. The Balaban J connectivity index is 2.34. The molecular formula is C13H18N2O. The van der Waals surface area contributed by atoms with Crippen LogP contribution in [0.25, 0.3) is 0 Å². The summed E-state index contributed by atoms with van der Waals surface area (Å²) in [6.07, 6.45) is 0. The largest absolute Gasteiger partial charge is 0.291 e. The number of hydrogen-bond acceptors (Lipinski definition) is 2. The van der Waals surface area contributed by atoms with Gasteiger partial charge in [-0.15, -0.1) is 0 Å². The third kappa shape index (κ3) is 1.95. The van der Waals surface area contributed by atoms with E-state index in [2.05, 4.69) is 31.6 Å². The van der Waals surface area contributed by atoms with Gasteiger partial charge in [0, 0.05) is 6.04 Å². The maximum atomic E-state index is 11.9. The van der Waals surface area contributed by atoms with Gasteiger partial charge in [0.05, 0.1) is 5.92 Å². The van der Waals surface area contributed by atoms with Gasteiger partial charge in [-0.05, 0) is 11.0 Å². The van der Waals surface area contributed by atoms with Gasteiger partial charge in [0.2, 0.25) is 5.91 Å². The Kier molecular flexibility index (Phi) is 2.72. The number of hydrogen-bond donors (Lipinski definition) is 2. The fraction of sp³-hybridized carbons (Fsp3) is 0.462. The van der Waals surface area contributed by atoms with Crippen molar-refractivity contribution in [3.63, 3.8) is 0 Å². The van der Waals surface area contributed by atoms with E-state index in [1.54, 1.807) is 0 Å². The minimum Gasteiger partial charge on any atom is -0.291 e. The summed E-state index contributed by atoms with van der Waals surface area (Å²) in [7, 11) is 0. The predicted octanol–water partition coefficient (Wildman–Crippen LogP) is 1.82. The van der Waals surface area contributed by atoms with Crippen molar-refractivity contribution in [1.82, 2.24) is 10.9 Å². The Labute approximate surface area is 96.2 Å². The molecule has 1 fully saturated rings. The van der Waals surface area contributed by atoms with Gasteiger partial charge in [-0.2, -0.15) is 0 Å². The second-order valence-electron chi connectivity index (χ2n) is 5.37. The summed E-state index contributed by atoms with van der Waals surface area (Å²) in [5, 5.41) is 0. The Morgan fingerprint density at radius 1 is 1.12 bits per heavy atom. The van der Waals surface area contributed by atoms with E-state index in [1.165, 1.54) is 0 Å². The van der Waals surface area contributed by atoms with Crippen LogP contribution in [0.15, 0.2) is 30.3 Å². The van der Waals surface area contributed by atoms with Crippen LogP contribution in [0.2, 0.25) is 0 Å². The molecule has 16 heavy (non-hydrogen) atoms. The van der Waals surface area contributed by atoms with Crippen LogP contribution in [0.5, 0.6) is 0 Å². The van der Waals surface area contributed by atoms with E-state index in [4.69, 9.17) is 0 Å². The maximum Gasteiger partial charge on any atom is 0.243 e. The lowest BCUT2D eigenvalue weighted by Crippen LogP contribution is -2.41. The van der Waals surface area contributed by atoms with E-state index in [0.717, 1.165) is 5.56 Å². The van der Waals surface area contributed by atoms with Crippen molar-refractivity contribution in [2.45, 2.75) is 32.7 Å². The first kappa shape index (κ1) is 11.1. The topological polar surface area (TPSA) is 41.1 Å². The van der Waals surface area contributed by atoms with Crippen LogP contribution in [-0.4, -0.2) is 11.9 Å². The van der Waals surface area contributed by atoms with E-state index in [1.807, 2.05) is 30.3 Å². The zero-order chi connectivity index (χ0) is 11.8. The van der Waals surface area contributed by atoms with E-state index in [9.17, 15) is 4.79 Å². The van der Waals surface area contributed by atoms with Crippen molar-refractivity contribution in [1.29, 1.82) is 0 Å². The fourth-order valence-corrected chi connectivity index (χ4v) is 2.18. The zero-order valence-electron chi connectivity index (χ0n) is 9.95. The summed E-state index contributed by atoms with van der Waals surface area (Å²) in [5.41, 5.74) is 6.95. The van der Waals surface area contributed by atoms with Crippen LogP contribution < -0.4 is 10.9 Å². The second kappa shape index (κ2) is 3.91. The summed E-state index contributed by atoms with van der Waals surface area (Å²) in [6, 6.07) is 10.1. The standard InChI is InChI=1S/C13H18N2O/c1-13(2,3)11-10(12(16)15-14-11)9-7-5-4-6-8-9/h4-8,10-11,14H,1-3H3,(H,15,16)/t10-,11+/m1/s1. The molecular weight excluding hydrogens is 200 g/mol. The van der Waals surface area contributed by atoms with Gasteiger partial charge in [-0.25, -0.2) is 5.43 Å². The van der Waals surface area contributed by atoms with Gasteiger partial charge in [0.25, 0.3) is 0 Å². The number of rotatable bonds is 1. The molecule has 1 aromatic rings. The molecule has 0 spiro atoms. The van der Waals surface area contributed by atoms with E-state index < -0.39 is 0 Å². The van der Waals surface area contributed by atoms with Gasteiger partial charge < -0.3 is 0 Å². The number of nitrogens with one attached hydrogen (secondary N) is 2. The molecule has 86 valence electrons. The van der Waals surface area contributed by atoms with E-state index in [-0.39, 0.29) is 23.3 Å². The molecule has 0 aromatic heterocycles. The number of amides is 1. The first-order chi connectivity index (χ1) is 7.50. The van der Waals surface area contributed by atoms with E-state index in [0.29, 0.717) is 0 Å². The lowest BCUT2D eigenvalue weighted by Gasteiger charge is -2.30. The first-order valence-corrected chi connectivity index (χ1v) is 5.60. The highest BCUT2D eigenvalue weighted by Crippen LogP contribution is 2.34. The van der Waals surface area contributed by atoms with Gasteiger partial charge in [0.1, 0.15) is 0 Å². The molecule has 1 aliphatic rings. The molecule has 2 atom stereocenters. The van der Waals surface area contributed by atoms with Crippen LogP contribution >= 0.6 is 0 Å². The van der Waals surface area contributed by atoms with Gasteiger partial charge in [-0.1, -0.05) is 51.1 Å². The number of carbonyl (C=O) groups is 1. The SMILES string of the molecule is CC(C)(C)[C@H]1NNC(=O)[C@@H]1c1ccccc1. The average molecular weight is 218 g/mol. The van der Waals surface area contributed by atoms with Gasteiger partial charge in [-0.3, -0.25) is 10.2 Å². The molecule has 0 radical (unpaired) electrons. The molecule has 1 aromatic carbocycles. The quantitative estimate of drug-likeness (QED) is 0.755. The molecule has 2 rings (SSSR count).